The highest BCUT2D eigenvalue weighted by Crippen LogP contribution is 2.53. The molecule has 1 aromatic rings. The van der Waals surface area contributed by atoms with E-state index in [0.29, 0.717) is 8.97 Å². The molecule has 1 aliphatic heterocycles. The Labute approximate surface area is 217 Å². The molecule has 0 radical (unpaired) electrons. The summed E-state index contributed by atoms with van der Waals surface area (Å²) in [7, 11) is 0. The fourth-order valence-corrected chi connectivity index (χ4v) is 10.5. The fourth-order valence-electron chi connectivity index (χ4n) is 3.79. The highest BCUT2D eigenvalue weighted by atomic mass is 32.3. The summed E-state index contributed by atoms with van der Waals surface area (Å²) in [5.74, 6) is 3.92. The molecule has 1 aliphatic rings. The van der Waals surface area contributed by atoms with E-state index in [-0.39, 0.29) is 16.6 Å². The molecule has 1 fully saturated rings. The Kier molecular flexibility index (Phi) is 14.4. The fraction of sp³-hybridized carbons (Fsp3) is 0.692. The summed E-state index contributed by atoms with van der Waals surface area (Å²) in [5, 5.41) is 9.08. The van der Waals surface area contributed by atoms with Crippen molar-refractivity contribution in [3.63, 3.8) is 0 Å². The number of hydrogen-bond acceptors (Lipinski definition) is 6. The van der Waals surface area contributed by atoms with Crippen molar-refractivity contribution in [1.82, 2.24) is 0 Å². The van der Waals surface area contributed by atoms with Gasteiger partial charge in [0.2, 0.25) is 0 Å². The van der Waals surface area contributed by atoms with Gasteiger partial charge in [0.25, 0.3) is 0 Å². The van der Waals surface area contributed by atoms with E-state index in [1.807, 2.05) is 0 Å². The Morgan fingerprint density at radius 3 is 2.21 bits per heavy atom. The van der Waals surface area contributed by atoms with E-state index in [1.165, 1.54) is 55.7 Å². The first-order chi connectivity index (χ1) is 16.0. The van der Waals surface area contributed by atoms with Crippen LogP contribution in [0.25, 0.3) is 0 Å². The van der Waals surface area contributed by atoms with Gasteiger partial charge >= 0.3 is 5.97 Å². The van der Waals surface area contributed by atoms with Crippen LogP contribution in [-0.4, -0.2) is 48.5 Å². The Bertz CT molecular complexity index is 702. The van der Waals surface area contributed by atoms with Crippen molar-refractivity contribution in [3.8, 4) is 0 Å². The normalized spacial score (nSPS) is 16.4. The zero-order chi connectivity index (χ0) is 23.9. The second-order valence-electron chi connectivity index (χ2n) is 8.49. The van der Waals surface area contributed by atoms with E-state index in [1.54, 1.807) is 23.9 Å². The molecule has 1 heterocycles. The van der Waals surface area contributed by atoms with Crippen molar-refractivity contribution in [2.45, 2.75) is 86.7 Å². The molecule has 0 bridgehead atoms. The van der Waals surface area contributed by atoms with Gasteiger partial charge in [0.15, 0.2) is 5.78 Å². The van der Waals surface area contributed by atoms with Gasteiger partial charge in [-0.05, 0) is 60.8 Å². The molecule has 1 aromatic carbocycles. The third-order valence-electron chi connectivity index (χ3n) is 5.73. The molecular formula is C26H40O3S4. The number of carbonyl (C=O) groups excluding carboxylic acids is 1. The molecule has 186 valence electrons. The minimum atomic E-state index is -0.956. The Morgan fingerprint density at radius 1 is 0.939 bits per heavy atom. The van der Waals surface area contributed by atoms with Crippen LogP contribution < -0.4 is 0 Å². The maximum absolute atomic E-state index is 13.1. The van der Waals surface area contributed by atoms with E-state index in [0.717, 1.165) is 43.6 Å². The number of hydrogen-bond donors (Lipinski definition) is 1. The first-order valence-corrected chi connectivity index (χ1v) is 16.4. The Morgan fingerprint density at radius 2 is 1.58 bits per heavy atom. The van der Waals surface area contributed by atoms with Gasteiger partial charge < -0.3 is 5.11 Å². The van der Waals surface area contributed by atoms with Crippen molar-refractivity contribution in [2.24, 2.45) is 0 Å². The molecule has 3 nitrogen and oxygen atoms in total. The number of benzene rings is 1. The lowest BCUT2D eigenvalue weighted by Crippen LogP contribution is -2.22. The zero-order valence-corrected chi connectivity index (χ0v) is 23.4. The van der Waals surface area contributed by atoms with E-state index < -0.39 is 5.97 Å². The topological polar surface area (TPSA) is 54.4 Å². The molecule has 7 heteroatoms. The van der Waals surface area contributed by atoms with Gasteiger partial charge in [0.1, 0.15) is 3.41 Å². The molecule has 1 saturated heterocycles. The maximum Gasteiger partial charge on any atom is 0.335 e. The summed E-state index contributed by atoms with van der Waals surface area (Å²) in [6, 6.07) is 6.42. The molecular weight excluding hydrogens is 489 g/mol. The van der Waals surface area contributed by atoms with Crippen LogP contribution in [0.1, 0.15) is 98.8 Å². The van der Waals surface area contributed by atoms with Crippen molar-refractivity contribution in [1.29, 1.82) is 0 Å². The summed E-state index contributed by atoms with van der Waals surface area (Å²) in [6.07, 6.45) is 11.9. The van der Waals surface area contributed by atoms with Gasteiger partial charge in [0, 0.05) is 5.56 Å². The van der Waals surface area contributed by atoms with Crippen molar-refractivity contribution in [2.75, 3.05) is 23.0 Å². The van der Waals surface area contributed by atoms with Crippen molar-refractivity contribution < 1.29 is 14.7 Å². The highest BCUT2D eigenvalue weighted by Gasteiger charge is 2.33. The number of rotatable bonds is 17. The van der Waals surface area contributed by atoms with Gasteiger partial charge in [-0.2, -0.15) is 11.8 Å². The molecule has 2 rings (SSSR count). The molecule has 1 atom stereocenters. The number of carbonyl (C=O) groups is 2. The first-order valence-electron chi connectivity index (χ1n) is 12.4. The number of carboxylic acid groups (broad SMARTS) is 1. The molecule has 0 saturated carbocycles. The van der Waals surface area contributed by atoms with Crippen LogP contribution in [0.3, 0.4) is 0 Å². The second kappa shape index (κ2) is 16.4. The number of thioether (sulfide) groups is 4. The Hall–Kier alpha value is -0.240. The van der Waals surface area contributed by atoms with Gasteiger partial charge in [-0.1, -0.05) is 64.5 Å². The van der Waals surface area contributed by atoms with Crippen molar-refractivity contribution >= 4 is 58.8 Å². The summed E-state index contributed by atoms with van der Waals surface area (Å²) in [6.45, 7) is 4.46. The minimum absolute atomic E-state index is 0.0332. The third kappa shape index (κ3) is 10.5. The number of Topliss-reactive ketones (excluding diaryl/α,β-unsaturated/α-hetero) is 1. The van der Waals surface area contributed by atoms with E-state index in [9.17, 15) is 9.59 Å². The van der Waals surface area contributed by atoms with Gasteiger partial charge in [-0.25, -0.2) is 4.79 Å². The third-order valence-corrected chi connectivity index (χ3v) is 12.6. The van der Waals surface area contributed by atoms with Crippen LogP contribution in [0, 0.1) is 0 Å². The lowest BCUT2D eigenvalue weighted by Gasteiger charge is -2.35. The molecule has 0 spiro atoms. The highest BCUT2D eigenvalue weighted by molar-refractivity contribution is 8.34. The largest absolute Gasteiger partial charge is 0.478 e. The van der Waals surface area contributed by atoms with E-state index in [4.69, 9.17) is 5.11 Å². The molecule has 1 unspecified atom stereocenters. The number of ketones is 1. The second-order valence-corrected chi connectivity index (χ2v) is 14.8. The summed E-state index contributed by atoms with van der Waals surface area (Å²) < 4.78 is 0.348. The van der Waals surface area contributed by atoms with Crippen LogP contribution in [0.5, 0.6) is 0 Å². The SMILES string of the molecule is CCCCCC(SCCCSC1(CCCCC)SCCCS1)C(=O)c1ccc(C(=O)O)cc1. The van der Waals surface area contributed by atoms with Crippen LogP contribution in [0.15, 0.2) is 24.3 Å². The van der Waals surface area contributed by atoms with Gasteiger partial charge in [0.05, 0.1) is 10.8 Å². The maximum atomic E-state index is 13.1. The van der Waals surface area contributed by atoms with Crippen LogP contribution in [-0.2, 0) is 0 Å². The predicted molar refractivity (Wildman–Crippen MR) is 152 cm³/mol. The standard InChI is InChI=1S/C26H40O3S4/c1-3-5-7-11-23(24(27)21-12-14-22(15-13-21)25(28)29)30-17-9-18-31-26(16-8-6-4-2)32-19-10-20-33-26/h12-15,23H,3-11,16-20H2,1-2H3,(H,28,29). The van der Waals surface area contributed by atoms with Crippen molar-refractivity contribution in [3.05, 3.63) is 35.4 Å². The smallest absolute Gasteiger partial charge is 0.335 e. The summed E-state index contributed by atoms with van der Waals surface area (Å²) >= 11 is 8.28. The Balaban J connectivity index is 1.86. The lowest BCUT2D eigenvalue weighted by molar-refractivity contribution is 0.0696. The lowest BCUT2D eigenvalue weighted by atomic mass is 10.0. The first kappa shape index (κ1) is 29.0. The molecule has 33 heavy (non-hydrogen) atoms. The van der Waals surface area contributed by atoms with E-state index >= 15 is 0 Å². The number of aromatic carboxylic acids is 1. The predicted octanol–water partition coefficient (Wildman–Crippen LogP) is 8.48. The molecule has 0 amide bonds. The zero-order valence-electron chi connectivity index (χ0n) is 20.2. The molecule has 0 aromatic heterocycles. The van der Waals surface area contributed by atoms with Crippen LogP contribution >= 0.6 is 47.0 Å². The number of unbranched alkanes of at least 4 members (excludes halogenated alkanes) is 4. The minimum Gasteiger partial charge on any atom is -0.478 e. The average Bonchev–Trinajstić information content (AvgIpc) is 2.83. The summed E-state index contributed by atoms with van der Waals surface area (Å²) in [4.78, 5) is 24.3. The van der Waals surface area contributed by atoms with Crippen LogP contribution in [0.4, 0.5) is 0 Å². The van der Waals surface area contributed by atoms with Gasteiger partial charge in [-0.15, -0.1) is 35.3 Å². The number of carboxylic acids is 1. The van der Waals surface area contributed by atoms with Crippen LogP contribution in [0.2, 0.25) is 0 Å². The summed E-state index contributed by atoms with van der Waals surface area (Å²) in [5.41, 5.74) is 0.860. The molecule has 0 aliphatic carbocycles. The van der Waals surface area contributed by atoms with E-state index in [2.05, 4.69) is 49.1 Å². The molecule has 1 N–H and O–H groups in total. The average molecular weight is 529 g/mol. The van der Waals surface area contributed by atoms with Gasteiger partial charge in [-0.3, -0.25) is 4.79 Å². The monoisotopic (exact) mass is 528 g/mol. The quantitative estimate of drug-likeness (QED) is 0.161.